The molecular formula is C11H20ClN3. The van der Waals surface area contributed by atoms with Gasteiger partial charge in [0.2, 0.25) is 0 Å². The average Bonchev–Trinajstić information content (AvgIpc) is 2.20. The van der Waals surface area contributed by atoms with E-state index in [0.717, 1.165) is 32.1 Å². The number of hydrogen-bond donors (Lipinski definition) is 0. The lowest BCUT2D eigenvalue weighted by atomic mass is 10.2. The van der Waals surface area contributed by atoms with Crippen molar-refractivity contribution in [1.82, 2.24) is 9.80 Å². The molecule has 3 nitrogen and oxygen atoms in total. The maximum atomic E-state index is 8.62. The molecule has 1 fully saturated rings. The van der Waals surface area contributed by atoms with Crippen molar-refractivity contribution in [3.63, 3.8) is 0 Å². The summed E-state index contributed by atoms with van der Waals surface area (Å²) in [6.07, 6.45) is 0. The molecule has 0 aromatic heterocycles. The Hall–Kier alpha value is -0.300. The van der Waals surface area contributed by atoms with E-state index in [4.69, 9.17) is 16.9 Å². The molecule has 1 saturated heterocycles. The van der Waals surface area contributed by atoms with E-state index < -0.39 is 0 Å². The summed E-state index contributed by atoms with van der Waals surface area (Å²) < 4.78 is 0. The molecule has 0 saturated carbocycles. The summed E-state index contributed by atoms with van der Waals surface area (Å²) in [5, 5.41) is 8.26. The van der Waals surface area contributed by atoms with Gasteiger partial charge in [-0.1, -0.05) is 13.8 Å². The van der Waals surface area contributed by atoms with Gasteiger partial charge in [0.15, 0.2) is 0 Å². The molecule has 1 atom stereocenters. The lowest BCUT2D eigenvalue weighted by molar-refractivity contribution is 0.125. The van der Waals surface area contributed by atoms with Crippen LogP contribution in [0.1, 0.15) is 13.8 Å². The number of nitriles is 1. The standard InChI is InChI=1S/C11H20ClN3/c1-10(2)8-14-3-5-15(6-4-14)9-11(12)7-13/h10-11H,3-6,8-9H2,1-2H3. The van der Waals surface area contributed by atoms with Crippen molar-refractivity contribution in [2.75, 3.05) is 39.3 Å². The van der Waals surface area contributed by atoms with E-state index in [2.05, 4.69) is 29.7 Å². The predicted octanol–water partition coefficient (Wildman–Crippen LogP) is 1.39. The van der Waals surface area contributed by atoms with Gasteiger partial charge in [-0.3, -0.25) is 4.90 Å². The molecule has 0 aromatic carbocycles. The molecule has 0 amide bonds. The summed E-state index contributed by atoms with van der Waals surface area (Å²) in [6.45, 7) is 10.7. The highest BCUT2D eigenvalue weighted by molar-refractivity contribution is 6.22. The second kappa shape index (κ2) is 6.32. The Kier molecular flexibility index (Phi) is 5.38. The Morgan fingerprint density at radius 3 is 2.00 bits per heavy atom. The molecule has 0 N–H and O–H groups in total. The van der Waals surface area contributed by atoms with Crippen LogP contribution in [-0.2, 0) is 0 Å². The Bertz CT molecular complexity index is 216. The van der Waals surface area contributed by atoms with E-state index in [9.17, 15) is 0 Å². The van der Waals surface area contributed by atoms with Crippen LogP contribution >= 0.6 is 11.6 Å². The minimum Gasteiger partial charge on any atom is -0.301 e. The first-order valence-electron chi connectivity index (χ1n) is 5.60. The van der Waals surface area contributed by atoms with Gasteiger partial charge in [-0.25, -0.2) is 0 Å². The number of nitrogens with zero attached hydrogens (tertiary/aromatic N) is 3. The number of halogens is 1. The molecular weight excluding hydrogens is 210 g/mol. The zero-order chi connectivity index (χ0) is 11.3. The first kappa shape index (κ1) is 12.8. The quantitative estimate of drug-likeness (QED) is 0.683. The van der Waals surface area contributed by atoms with Crippen LogP contribution in [0, 0.1) is 17.2 Å². The molecule has 1 aliphatic heterocycles. The van der Waals surface area contributed by atoms with Crippen molar-refractivity contribution in [2.24, 2.45) is 5.92 Å². The maximum absolute atomic E-state index is 8.62. The lowest BCUT2D eigenvalue weighted by Crippen LogP contribution is -2.48. The van der Waals surface area contributed by atoms with Crippen LogP contribution in [0.25, 0.3) is 0 Å². The van der Waals surface area contributed by atoms with E-state index in [-0.39, 0.29) is 5.38 Å². The smallest absolute Gasteiger partial charge is 0.133 e. The summed E-state index contributed by atoms with van der Waals surface area (Å²) in [6, 6.07) is 2.07. The summed E-state index contributed by atoms with van der Waals surface area (Å²) in [7, 11) is 0. The van der Waals surface area contributed by atoms with Gasteiger partial charge >= 0.3 is 0 Å². The summed E-state index contributed by atoms with van der Waals surface area (Å²) in [4.78, 5) is 4.76. The third-order valence-corrected chi connectivity index (χ3v) is 2.88. The van der Waals surface area contributed by atoms with Crippen LogP contribution < -0.4 is 0 Å². The van der Waals surface area contributed by atoms with Crippen LogP contribution in [-0.4, -0.2) is 54.4 Å². The SMILES string of the molecule is CC(C)CN1CCN(CC(Cl)C#N)CC1. The number of rotatable bonds is 4. The fourth-order valence-electron chi connectivity index (χ4n) is 1.94. The molecule has 0 aliphatic carbocycles. The first-order chi connectivity index (χ1) is 7.11. The van der Waals surface area contributed by atoms with Gasteiger partial charge in [0, 0.05) is 39.3 Å². The monoisotopic (exact) mass is 229 g/mol. The molecule has 86 valence electrons. The summed E-state index contributed by atoms with van der Waals surface area (Å²) >= 11 is 5.80. The molecule has 4 heteroatoms. The van der Waals surface area contributed by atoms with Crippen molar-refractivity contribution >= 4 is 11.6 Å². The Morgan fingerprint density at radius 2 is 1.60 bits per heavy atom. The topological polar surface area (TPSA) is 30.3 Å². The average molecular weight is 230 g/mol. The van der Waals surface area contributed by atoms with Crippen LogP contribution in [0.4, 0.5) is 0 Å². The fourth-order valence-corrected chi connectivity index (χ4v) is 2.13. The van der Waals surface area contributed by atoms with Gasteiger partial charge in [0.05, 0.1) is 6.07 Å². The zero-order valence-electron chi connectivity index (χ0n) is 9.62. The van der Waals surface area contributed by atoms with Crippen molar-refractivity contribution in [2.45, 2.75) is 19.2 Å². The zero-order valence-corrected chi connectivity index (χ0v) is 10.4. The van der Waals surface area contributed by atoms with Crippen LogP contribution in [0.2, 0.25) is 0 Å². The highest BCUT2D eigenvalue weighted by Gasteiger charge is 2.19. The van der Waals surface area contributed by atoms with E-state index in [1.54, 1.807) is 0 Å². The molecule has 1 unspecified atom stereocenters. The van der Waals surface area contributed by atoms with Gasteiger partial charge in [-0.2, -0.15) is 5.26 Å². The van der Waals surface area contributed by atoms with Crippen LogP contribution in [0.15, 0.2) is 0 Å². The van der Waals surface area contributed by atoms with Crippen molar-refractivity contribution in [1.29, 1.82) is 5.26 Å². The number of alkyl halides is 1. The third-order valence-electron chi connectivity index (χ3n) is 2.65. The highest BCUT2D eigenvalue weighted by Crippen LogP contribution is 2.07. The lowest BCUT2D eigenvalue weighted by Gasteiger charge is -2.35. The Labute approximate surface area is 97.6 Å². The molecule has 1 rings (SSSR count). The van der Waals surface area contributed by atoms with E-state index in [0.29, 0.717) is 6.54 Å². The Balaban J connectivity index is 2.21. The van der Waals surface area contributed by atoms with Crippen molar-refractivity contribution < 1.29 is 0 Å². The van der Waals surface area contributed by atoms with E-state index in [1.807, 2.05) is 0 Å². The first-order valence-corrected chi connectivity index (χ1v) is 6.04. The Morgan fingerprint density at radius 1 is 1.13 bits per heavy atom. The predicted molar refractivity (Wildman–Crippen MR) is 63.0 cm³/mol. The van der Waals surface area contributed by atoms with E-state index in [1.165, 1.54) is 6.54 Å². The van der Waals surface area contributed by atoms with Gasteiger partial charge < -0.3 is 4.90 Å². The summed E-state index contributed by atoms with van der Waals surface area (Å²) in [5.74, 6) is 0.733. The number of piperazine rings is 1. The van der Waals surface area contributed by atoms with Gasteiger partial charge in [0.25, 0.3) is 0 Å². The molecule has 15 heavy (non-hydrogen) atoms. The minimum absolute atomic E-state index is 0.360. The highest BCUT2D eigenvalue weighted by atomic mass is 35.5. The minimum atomic E-state index is -0.360. The van der Waals surface area contributed by atoms with Crippen molar-refractivity contribution in [3.05, 3.63) is 0 Å². The van der Waals surface area contributed by atoms with E-state index >= 15 is 0 Å². The maximum Gasteiger partial charge on any atom is 0.133 e. The molecule has 0 bridgehead atoms. The van der Waals surface area contributed by atoms with Gasteiger partial charge in [-0.15, -0.1) is 11.6 Å². The normalized spacial score (nSPS) is 21.5. The van der Waals surface area contributed by atoms with Crippen LogP contribution in [0.3, 0.4) is 0 Å². The second-order valence-electron chi connectivity index (χ2n) is 4.59. The molecule has 1 heterocycles. The molecule has 0 radical (unpaired) electrons. The van der Waals surface area contributed by atoms with Crippen molar-refractivity contribution in [3.8, 4) is 6.07 Å². The second-order valence-corrected chi connectivity index (χ2v) is 5.12. The summed E-state index contributed by atoms with van der Waals surface area (Å²) in [5.41, 5.74) is 0. The molecule has 0 aromatic rings. The third kappa shape index (κ3) is 4.83. The van der Waals surface area contributed by atoms with Gasteiger partial charge in [-0.05, 0) is 5.92 Å². The largest absolute Gasteiger partial charge is 0.301 e. The fraction of sp³-hybridized carbons (Fsp3) is 0.909. The molecule has 1 aliphatic rings. The number of hydrogen-bond acceptors (Lipinski definition) is 3. The van der Waals surface area contributed by atoms with Gasteiger partial charge in [0.1, 0.15) is 5.38 Å². The molecule has 0 spiro atoms. The van der Waals surface area contributed by atoms with Crippen LogP contribution in [0.5, 0.6) is 0 Å².